The number of hydrogen-bond acceptors (Lipinski definition) is 6. The Hall–Kier alpha value is -3.27. The molecule has 1 unspecified atom stereocenters. The third kappa shape index (κ3) is 4.67. The van der Waals surface area contributed by atoms with Gasteiger partial charge >= 0.3 is 0 Å². The number of hydrogen-bond donors (Lipinski definition) is 1. The number of benzene rings is 3. The summed E-state index contributed by atoms with van der Waals surface area (Å²) in [7, 11) is -3.91. The second kappa shape index (κ2) is 9.41. The lowest BCUT2D eigenvalue weighted by Crippen LogP contribution is -2.50. The van der Waals surface area contributed by atoms with E-state index < -0.39 is 22.0 Å². The Morgan fingerprint density at radius 1 is 1.11 bits per heavy atom. The van der Waals surface area contributed by atoms with Crippen molar-refractivity contribution >= 4 is 42.6 Å². The van der Waals surface area contributed by atoms with E-state index in [2.05, 4.69) is 10.3 Å². The molecule has 5 rings (SSSR count). The van der Waals surface area contributed by atoms with Crippen LogP contribution in [-0.4, -0.2) is 36.3 Å². The molecule has 0 spiro atoms. The Balaban J connectivity index is 1.47. The van der Waals surface area contributed by atoms with Gasteiger partial charge in [0.1, 0.15) is 11.8 Å². The second-order valence-corrected chi connectivity index (χ2v) is 11.3. The summed E-state index contributed by atoms with van der Waals surface area (Å²) in [5.74, 6) is 0.333. The predicted molar refractivity (Wildman–Crippen MR) is 137 cm³/mol. The maximum absolute atomic E-state index is 13.6. The first-order valence-electron chi connectivity index (χ1n) is 11.3. The molecule has 7 nitrogen and oxygen atoms in total. The van der Waals surface area contributed by atoms with Gasteiger partial charge in [0, 0.05) is 6.54 Å². The van der Waals surface area contributed by atoms with E-state index in [0.717, 1.165) is 32.7 Å². The van der Waals surface area contributed by atoms with Gasteiger partial charge in [-0.05, 0) is 61.7 Å². The molecule has 0 saturated carbocycles. The van der Waals surface area contributed by atoms with Gasteiger partial charge in [0.05, 0.1) is 21.7 Å². The van der Waals surface area contributed by atoms with E-state index >= 15 is 0 Å². The average molecular weight is 508 g/mol. The van der Waals surface area contributed by atoms with Crippen LogP contribution in [0.4, 0.5) is 5.13 Å². The van der Waals surface area contributed by atoms with Crippen LogP contribution in [0, 0.1) is 6.92 Å². The fraction of sp³-hybridized carbons (Fsp3) is 0.231. The van der Waals surface area contributed by atoms with E-state index in [1.54, 1.807) is 24.3 Å². The maximum Gasteiger partial charge on any atom is 0.244 e. The molecule has 0 bridgehead atoms. The molecule has 1 aliphatic heterocycles. The first-order chi connectivity index (χ1) is 16.8. The Bertz CT molecular complexity index is 1500. The van der Waals surface area contributed by atoms with Gasteiger partial charge in [0.2, 0.25) is 15.9 Å². The molecule has 4 aromatic rings. The molecular weight excluding hydrogens is 482 g/mol. The van der Waals surface area contributed by atoms with Crippen molar-refractivity contribution < 1.29 is 17.9 Å². The Kier molecular flexibility index (Phi) is 6.31. The number of sulfonamides is 1. The zero-order valence-corrected chi connectivity index (χ0v) is 21.0. The first kappa shape index (κ1) is 23.5. The third-order valence-electron chi connectivity index (χ3n) is 6.04. The van der Waals surface area contributed by atoms with Crippen LogP contribution in [0.5, 0.6) is 5.75 Å². The molecule has 1 amide bonds. The second-order valence-electron chi connectivity index (χ2n) is 8.42. The standard InChI is InChI=1S/C26H25N3O4S2/c1-3-33-20-10-13-22-24(15-20)34-26(27-22)28-25(30)23-14-18-6-4-5-7-19(18)16-29(23)35(31,32)21-11-8-17(2)9-12-21/h4-13,15,23H,3,14,16H2,1-2H3,(H,27,28,30). The third-order valence-corrected chi connectivity index (χ3v) is 8.84. The van der Waals surface area contributed by atoms with Gasteiger partial charge in [-0.25, -0.2) is 13.4 Å². The van der Waals surface area contributed by atoms with Gasteiger partial charge in [-0.3, -0.25) is 4.79 Å². The van der Waals surface area contributed by atoms with Crippen LogP contribution < -0.4 is 10.1 Å². The van der Waals surface area contributed by atoms with Crippen LogP contribution in [-0.2, 0) is 27.8 Å². The highest BCUT2D eigenvalue weighted by atomic mass is 32.2. The minimum atomic E-state index is -3.91. The van der Waals surface area contributed by atoms with Crippen LogP contribution in [0.1, 0.15) is 23.6 Å². The highest BCUT2D eigenvalue weighted by Gasteiger charge is 2.39. The number of carbonyl (C=O) groups excluding carboxylic acids is 1. The summed E-state index contributed by atoms with van der Waals surface area (Å²) in [6.07, 6.45) is 0.284. The lowest BCUT2D eigenvalue weighted by molar-refractivity contribution is -0.120. The summed E-state index contributed by atoms with van der Waals surface area (Å²) in [5.41, 5.74) is 3.57. The normalized spacial score (nSPS) is 16.1. The number of thiazole rings is 1. The summed E-state index contributed by atoms with van der Waals surface area (Å²) in [5, 5.41) is 3.29. The van der Waals surface area contributed by atoms with Gasteiger partial charge in [-0.15, -0.1) is 0 Å². The molecule has 2 heterocycles. The molecule has 0 fully saturated rings. The fourth-order valence-electron chi connectivity index (χ4n) is 4.22. The van der Waals surface area contributed by atoms with Crippen molar-refractivity contribution in [2.24, 2.45) is 0 Å². The van der Waals surface area contributed by atoms with E-state index in [-0.39, 0.29) is 17.9 Å². The maximum atomic E-state index is 13.6. The number of nitrogens with zero attached hydrogens (tertiary/aromatic N) is 2. The van der Waals surface area contributed by atoms with Crippen LogP contribution in [0.2, 0.25) is 0 Å². The summed E-state index contributed by atoms with van der Waals surface area (Å²) < 4.78 is 35.0. The number of ether oxygens (including phenoxy) is 1. The summed E-state index contributed by atoms with van der Waals surface area (Å²) in [6.45, 7) is 4.50. The van der Waals surface area contributed by atoms with Gasteiger partial charge < -0.3 is 10.1 Å². The molecule has 9 heteroatoms. The van der Waals surface area contributed by atoms with Gasteiger partial charge in [0.25, 0.3) is 0 Å². The van der Waals surface area contributed by atoms with E-state index in [1.807, 2.05) is 56.3 Å². The van der Waals surface area contributed by atoms with Crippen LogP contribution in [0.15, 0.2) is 71.6 Å². The lowest BCUT2D eigenvalue weighted by Gasteiger charge is -2.34. The largest absolute Gasteiger partial charge is 0.494 e. The van der Waals surface area contributed by atoms with Crippen molar-refractivity contribution in [1.82, 2.24) is 9.29 Å². The number of anilines is 1. The van der Waals surface area contributed by atoms with Crippen molar-refractivity contribution in [3.8, 4) is 5.75 Å². The van der Waals surface area contributed by atoms with Gasteiger partial charge in [0.15, 0.2) is 5.13 Å². The fourth-order valence-corrected chi connectivity index (χ4v) is 6.69. The number of aryl methyl sites for hydroxylation is 1. The molecule has 1 aliphatic rings. The molecule has 1 atom stereocenters. The van der Waals surface area contributed by atoms with Crippen molar-refractivity contribution in [3.63, 3.8) is 0 Å². The number of amides is 1. The molecule has 3 aromatic carbocycles. The molecule has 0 radical (unpaired) electrons. The monoisotopic (exact) mass is 507 g/mol. The molecule has 1 N–H and O–H groups in total. The minimum absolute atomic E-state index is 0.127. The Labute approximate surface area is 208 Å². The average Bonchev–Trinajstić information content (AvgIpc) is 3.25. The Morgan fingerprint density at radius 3 is 2.60 bits per heavy atom. The highest BCUT2D eigenvalue weighted by molar-refractivity contribution is 7.89. The summed E-state index contributed by atoms with van der Waals surface area (Å²) in [6, 6.07) is 19.0. The lowest BCUT2D eigenvalue weighted by atomic mass is 9.95. The summed E-state index contributed by atoms with van der Waals surface area (Å²) in [4.78, 5) is 18.2. The van der Waals surface area contributed by atoms with Crippen molar-refractivity contribution in [2.75, 3.05) is 11.9 Å². The molecule has 0 aliphatic carbocycles. The SMILES string of the molecule is CCOc1ccc2nc(NC(=O)C3Cc4ccccc4CN3S(=O)(=O)c3ccc(C)cc3)sc2c1. The number of rotatable bonds is 6. The zero-order chi connectivity index (χ0) is 24.6. The van der Waals surface area contributed by atoms with Crippen LogP contribution >= 0.6 is 11.3 Å². The number of carbonyl (C=O) groups is 1. The zero-order valence-electron chi connectivity index (χ0n) is 19.4. The number of fused-ring (bicyclic) bond motifs is 2. The molecule has 0 saturated heterocycles. The van der Waals surface area contributed by atoms with E-state index in [0.29, 0.717) is 11.7 Å². The number of nitrogens with one attached hydrogen (secondary N) is 1. The predicted octanol–water partition coefficient (Wildman–Crippen LogP) is 4.76. The Morgan fingerprint density at radius 2 is 1.86 bits per heavy atom. The van der Waals surface area contributed by atoms with E-state index in [9.17, 15) is 13.2 Å². The highest BCUT2D eigenvalue weighted by Crippen LogP contribution is 2.32. The molecular formula is C26H25N3O4S2. The van der Waals surface area contributed by atoms with Gasteiger partial charge in [-0.2, -0.15) is 4.31 Å². The van der Waals surface area contributed by atoms with Gasteiger partial charge in [-0.1, -0.05) is 53.3 Å². The summed E-state index contributed by atoms with van der Waals surface area (Å²) >= 11 is 1.33. The topological polar surface area (TPSA) is 88.6 Å². The van der Waals surface area contributed by atoms with Crippen molar-refractivity contribution in [3.05, 3.63) is 83.4 Å². The number of aromatic nitrogens is 1. The van der Waals surface area contributed by atoms with Crippen molar-refractivity contribution in [1.29, 1.82) is 0 Å². The molecule has 180 valence electrons. The smallest absolute Gasteiger partial charge is 0.244 e. The van der Waals surface area contributed by atoms with Crippen molar-refractivity contribution in [2.45, 2.75) is 37.8 Å². The van der Waals surface area contributed by atoms with E-state index in [1.165, 1.54) is 15.6 Å². The van der Waals surface area contributed by atoms with Crippen LogP contribution in [0.3, 0.4) is 0 Å². The quantitative estimate of drug-likeness (QED) is 0.407. The minimum Gasteiger partial charge on any atom is -0.494 e. The molecule has 35 heavy (non-hydrogen) atoms. The first-order valence-corrected chi connectivity index (χ1v) is 13.6. The van der Waals surface area contributed by atoms with Crippen LogP contribution in [0.25, 0.3) is 10.2 Å². The molecule has 1 aromatic heterocycles. The van der Waals surface area contributed by atoms with E-state index in [4.69, 9.17) is 4.74 Å².